The van der Waals surface area contributed by atoms with Gasteiger partial charge in [-0.2, -0.15) is 0 Å². The molecule has 8 rings (SSSR count). The van der Waals surface area contributed by atoms with Gasteiger partial charge in [0.05, 0.1) is 59.2 Å². The quantitative estimate of drug-likeness (QED) is 0.0560. The highest BCUT2D eigenvalue weighted by Crippen LogP contribution is 2.47. The average molecular weight is 875 g/mol. The highest BCUT2D eigenvalue weighted by Gasteiger charge is 2.36. The smallest absolute Gasteiger partial charge is 0.240 e. The van der Waals surface area contributed by atoms with Gasteiger partial charge in [0.15, 0.2) is 0 Å². The third kappa shape index (κ3) is 7.06. The summed E-state index contributed by atoms with van der Waals surface area (Å²) >= 11 is 2.31. The van der Waals surface area contributed by atoms with Gasteiger partial charge in [0.25, 0.3) is 0 Å². The molecule has 6 atom stereocenters. The molecule has 14 heteroatoms. The normalized spacial score (nSPS) is 21.8. The lowest BCUT2D eigenvalue weighted by Crippen LogP contribution is -2.46. The van der Waals surface area contributed by atoms with Crippen molar-refractivity contribution in [2.75, 3.05) is 27.3 Å². The number of nitrogens with two attached hydrogens (primary N) is 2. The van der Waals surface area contributed by atoms with Gasteiger partial charge < -0.3 is 50.8 Å². The van der Waals surface area contributed by atoms with Crippen LogP contribution in [0.2, 0.25) is 0 Å². The molecule has 2 unspecified atom stereocenters. The monoisotopic (exact) mass is 874 g/mol. The van der Waals surface area contributed by atoms with E-state index in [1.54, 1.807) is 20.4 Å². The number of hydrogen-bond acceptors (Lipinski definition) is 9. The highest BCUT2D eigenvalue weighted by molar-refractivity contribution is 14.1. The van der Waals surface area contributed by atoms with Crippen LogP contribution in [0.4, 0.5) is 4.39 Å². The number of alkyl halides is 2. The van der Waals surface area contributed by atoms with E-state index in [1.807, 2.05) is 55.3 Å². The molecule has 3 aromatic carbocycles. The molecule has 5 aromatic rings. The number of benzene rings is 3. The number of carbonyl (C=O) groups is 1. The topological polar surface area (TPSA) is 158 Å². The van der Waals surface area contributed by atoms with Gasteiger partial charge in [-0.1, -0.05) is 48.6 Å². The fourth-order valence-corrected chi connectivity index (χ4v) is 8.97. The standard InChI is InChI=1S/C42H48FIN8O4/c1-22(2)38(46)41(53)51-11-5-6-35(51)40-48-21-33(50-40)24-7-9-30-36-15-25-12-23(32(19-45)49-39(44)31-17-27(43)20-47-31)8-10-34(25)52(36)42(56-37(30)16-24)26-13-28(54-3)18-29(14-26)55-4/h7-10,12-16,18-19,21-22,27,31,35,38-39,42,47,49H,5-6,11,17,20,45-46H2,1-4H3,(H,48,50)/b32-19-/t27-,31+,35+,38+,39?,42?/m1/s1. The first-order valence-electron chi connectivity index (χ1n) is 19.1. The minimum atomic E-state index is -0.849. The summed E-state index contributed by atoms with van der Waals surface area (Å²) in [6.45, 7) is 4.96. The third-order valence-electron chi connectivity index (χ3n) is 11.2. The van der Waals surface area contributed by atoms with Crippen LogP contribution in [0.5, 0.6) is 17.2 Å². The predicted octanol–water partition coefficient (Wildman–Crippen LogP) is 6.61. The summed E-state index contributed by atoms with van der Waals surface area (Å²) < 4.78 is 34.4. The lowest BCUT2D eigenvalue weighted by molar-refractivity contribution is -0.134. The molecule has 56 heavy (non-hydrogen) atoms. The van der Waals surface area contributed by atoms with Crippen molar-refractivity contribution in [3.8, 4) is 39.8 Å². The largest absolute Gasteiger partial charge is 0.497 e. The number of carbonyl (C=O) groups excluding carboxylic acids is 1. The van der Waals surface area contributed by atoms with E-state index in [-0.39, 0.29) is 28.0 Å². The average Bonchev–Trinajstić information content (AvgIpc) is 4.04. The molecule has 3 aliphatic rings. The molecule has 2 fully saturated rings. The molecule has 0 aliphatic carbocycles. The summed E-state index contributed by atoms with van der Waals surface area (Å²) in [5.74, 6) is 2.76. The first-order valence-corrected chi connectivity index (χ1v) is 20.3. The lowest BCUT2D eigenvalue weighted by atomic mass is 10.0. The summed E-state index contributed by atoms with van der Waals surface area (Å²) in [7, 11) is 3.26. The second-order valence-corrected chi connectivity index (χ2v) is 16.5. The van der Waals surface area contributed by atoms with Crippen LogP contribution in [0.15, 0.2) is 73.1 Å². The van der Waals surface area contributed by atoms with Crippen molar-refractivity contribution in [3.63, 3.8) is 0 Å². The van der Waals surface area contributed by atoms with Gasteiger partial charge >= 0.3 is 0 Å². The van der Waals surface area contributed by atoms with Crippen molar-refractivity contribution in [3.05, 3.63) is 90.0 Å². The third-order valence-corrected chi connectivity index (χ3v) is 12.4. The SMILES string of the molecule is COc1cc(OC)cc(C2Oc3cc(-c4cnc([C@@H]5CCCN5C(=O)[C@@H](N)C(C)C)[nH]4)ccc3-c3cc4cc(/C(=C/N)NC(I)[C@@H]5C[C@@H](F)CN5)ccc4n32)c1. The summed E-state index contributed by atoms with van der Waals surface area (Å²) in [5, 5.41) is 7.77. The molecule has 12 nitrogen and oxygen atoms in total. The first-order chi connectivity index (χ1) is 27.1. The van der Waals surface area contributed by atoms with Crippen LogP contribution in [0, 0.1) is 5.92 Å². The number of aromatic amines is 1. The van der Waals surface area contributed by atoms with E-state index in [2.05, 4.69) is 73.1 Å². The second kappa shape index (κ2) is 15.6. The Bertz CT molecular complexity index is 2270. The van der Waals surface area contributed by atoms with Crippen molar-refractivity contribution in [2.45, 2.75) is 67.7 Å². The molecule has 0 bridgehead atoms. The first kappa shape index (κ1) is 38.1. The summed E-state index contributed by atoms with van der Waals surface area (Å²) in [5.41, 5.74) is 19.6. The fourth-order valence-electron chi connectivity index (χ4n) is 8.09. The van der Waals surface area contributed by atoms with Crippen LogP contribution in [-0.4, -0.2) is 75.0 Å². The summed E-state index contributed by atoms with van der Waals surface area (Å²) in [6, 6.07) is 19.6. The maximum absolute atomic E-state index is 14.0. The molecule has 2 saturated heterocycles. The van der Waals surface area contributed by atoms with Gasteiger partial charge in [-0.05, 0) is 73.2 Å². The molecule has 3 aliphatic heterocycles. The molecule has 0 radical (unpaired) electrons. The van der Waals surface area contributed by atoms with Crippen LogP contribution in [0.3, 0.4) is 0 Å². The van der Waals surface area contributed by atoms with Crippen molar-refractivity contribution >= 4 is 45.1 Å². The van der Waals surface area contributed by atoms with Crippen LogP contribution < -0.4 is 36.3 Å². The number of likely N-dealkylation sites (tertiary alicyclic amines) is 1. The van der Waals surface area contributed by atoms with Crippen LogP contribution in [0.1, 0.15) is 62.3 Å². The number of methoxy groups -OCH3 is 2. The lowest BCUT2D eigenvalue weighted by Gasteiger charge is -2.31. The predicted molar refractivity (Wildman–Crippen MR) is 224 cm³/mol. The van der Waals surface area contributed by atoms with Gasteiger partial charge in [-0.3, -0.25) is 4.79 Å². The van der Waals surface area contributed by atoms with E-state index in [1.165, 1.54) is 0 Å². The zero-order chi connectivity index (χ0) is 39.2. The number of fused-ring (bicyclic) bond motifs is 5. The molecule has 7 N–H and O–H groups in total. The number of amides is 1. The highest BCUT2D eigenvalue weighted by atomic mass is 127. The molecule has 0 saturated carbocycles. The Kier molecular flexibility index (Phi) is 10.6. The molecular formula is C42H48FIN8O4. The number of H-pyrrole nitrogens is 1. The van der Waals surface area contributed by atoms with Crippen molar-refractivity contribution in [1.82, 2.24) is 30.1 Å². The van der Waals surface area contributed by atoms with Gasteiger partial charge in [0, 0.05) is 53.5 Å². The molecule has 0 spiro atoms. The minimum Gasteiger partial charge on any atom is -0.497 e. The van der Waals surface area contributed by atoms with E-state index in [0.29, 0.717) is 36.8 Å². The molecular weight excluding hydrogens is 826 g/mol. The summed E-state index contributed by atoms with van der Waals surface area (Å²) in [4.78, 5) is 23.4. The Morgan fingerprint density at radius 3 is 2.59 bits per heavy atom. The van der Waals surface area contributed by atoms with Crippen LogP contribution >= 0.6 is 22.6 Å². The molecule has 294 valence electrons. The number of halogens is 2. The number of nitrogens with one attached hydrogen (secondary N) is 3. The van der Waals surface area contributed by atoms with Gasteiger partial charge in [0.2, 0.25) is 12.1 Å². The number of rotatable bonds is 11. The number of hydrogen-bond donors (Lipinski definition) is 5. The van der Waals surface area contributed by atoms with Crippen molar-refractivity contribution in [1.29, 1.82) is 0 Å². The van der Waals surface area contributed by atoms with Crippen molar-refractivity contribution in [2.24, 2.45) is 17.4 Å². The van der Waals surface area contributed by atoms with Crippen LogP contribution in [0.25, 0.3) is 39.1 Å². The molecule has 5 heterocycles. The van der Waals surface area contributed by atoms with Gasteiger partial charge in [-0.25, -0.2) is 9.37 Å². The van der Waals surface area contributed by atoms with Crippen LogP contribution in [-0.2, 0) is 4.79 Å². The zero-order valence-electron chi connectivity index (χ0n) is 31.9. The molecule has 2 aromatic heterocycles. The molecule has 1 amide bonds. The Morgan fingerprint density at radius 1 is 1.11 bits per heavy atom. The van der Waals surface area contributed by atoms with E-state index in [4.69, 9.17) is 30.7 Å². The second-order valence-electron chi connectivity index (χ2n) is 15.1. The zero-order valence-corrected chi connectivity index (χ0v) is 34.0. The van der Waals surface area contributed by atoms with Gasteiger partial charge in [0.1, 0.15) is 29.2 Å². The number of nitrogens with zero attached hydrogens (tertiary/aromatic N) is 3. The van der Waals surface area contributed by atoms with Crippen molar-refractivity contribution < 1.29 is 23.4 Å². The van der Waals surface area contributed by atoms with Gasteiger partial charge in [-0.15, -0.1) is 0 Å². The Morgan fingerprint density at radius 2 is 1.89 bits per heavy atom. The maximum Gasteiger partial charge on any atom is 0.240 e. The number of aromatic nitrogens is 3. The Balaban J connectivity index is 1.16. The van der Waals surface area contributed by atoms with E-state index in [9.17, 15) is 9.18 Å². The summed E-state index contributed by atoms with van der Waals surface area (Å²) in [6.07, 6.45) is 4.15. The Labute approximate surface area is 339 Å². The Hall–Kier alpha value is -4.80. The minimum absolute atomic E-state index is 0.00572. The maximum atomic E-state index is 14.0. The van der Waals surface area contributed by atoms with E-state index in [0.717, 1.165) is 68.9 Å². The number of ether oxygens (including phenoxy) is 3. The van der Waals surface area contributed by atoms with E-state index >= 15 is 0 Å². The van der Waals surface area contributed by atoms with E-state index < -0.39 is 18.4 Å². The fraction of sp³-hybridized carbons (Fsp3) is 0.381. The number of imidazole rings is 1.